The van der Waals surface area contributed by atoms with Gasteiger partial charge in [-0.15, -0.1) is 0 Å². The molecule has 3 rings (SSSR count). The van der Waals surface area contributed by atoms with Gasteiger partial charge in [0.1, 0.15) is 11.4 Å². The van der Waals surface area contributed by atoms with Gasteiger partial charge in [-0.2, -0.15) is 0 Å². The molecular formula is C25H32FN3O3. The summed E-state index contributed by atoms with van der Waals surface area (Å²) >= 11 is 0. The number of nitrogens with two attached hydrogens (primary N) is 1. The van der Waals surface area contributed by atoms with Gasteiger partial charge < -0.3 is 20.7 Å². The van der Waals surface area contributed by atoms with Crippen LogP contribution >= 0.6 is 0 Å². The van der Waals surface area contributed by atoms with Crippen LogP contribution in [0.1, 0.15) is 62.9 Å². The normalized spacial score (nSPS) is 16.5. The minimum atomic E-state index is -0.654. The zero-order chi connectivity index (χ0) is 23.5. The molecule has 0 bridgehead atoms. The number of nitrogen functional groups attached to an aromatic ring is 1. The van der Waals surface area contributed by atoms with Crippen molar-refractivity contribution in [2.24, 2.45) is 0 Å². The van der Waals surface area contributed by atoms with Crippen LogP contribution in [0.3, 0.4) is 0 Å². The highest BCUT2D eigenvalue weighted by molar-refractivity contribution is 6.06. The van der Waals surface area contributed by atoms with Gasteiger partial charge in [-0.25, -0.2) is 4.39 Å². The quantitative estimate of drug-likeness (QED) is 0.508. The van der Waals surface area contributed by atoms with Crippen molar-refractivity contribution in [2.75, 3.05) is 22.5 Å². The van der Waals surface area contributed by atoms with Crippen LogP contribution in [0.5, 0.6) is 0 Å². The van der Waals surface area contributed by atoms with E-state index in [1.807, 2.05) is 6.07 Å². The fourth-order valence-electron chi connectivity index (χ4n) is 3.97. The van der Waals surface area contributed by atoms with Gasteiger partial charge in [0.15, 0.2) is 0 Å². The van der Waals surface area contributed by atoms with Gasteiger partial charge in [-0.3, -0.25) is 9.59 Å². The molecule has 1 fully saturated rings. The molecule has 0 aromatic heterocycles. The van der Waals surface area contributed by atoms with E-state index in [0.717, 1.165) is 25.1 Å². The van der Waals surface area contributed by atoms with E-state index >= 15 is 0 Å². The summed E-state index contributed by atoms with van der Waals surface area (Å²) in [5.41, 5.74) is 8.20. The van der Waals surface area contributed by atoms with Crippen molar-refractivity contribution < 1.29 is 18.7 Å². The molecule has 0 aliphatic carbocycles. The first kappa shape index (κ1) is 23.6. The van der Waals surface area contributed by atoms with Crippen LogP contribution in [0.4, 0.5) is 21.5 Å². The summed E-state index contributed by atoms with van der Waals surface area (Å²) in [5.74, 6) is -1.37. The number of nitrogens with one attached hydrogen (secondary N) is 1. The lowest BCUT2D eigenvalue weighted by Gasteiger charge is -2.36. The maximum atomic E-state index is 13.8. The second-order valence-electron chi connectivity index (χ2n) is 9.33. The number of rotatable bonds is 5. The zero-order valence-electron chi connectivity index (χ0n) is 19.2. The van der Waals surface area contributed by atoms with Crippen molar-refractivity contribution >= 4 is 28.9 Å². The minimum Gasteiger partial charge on any atom is -0.460 e. The number of halogens is 1. The average molecular weight is 442 g/mol. The Kier molecular flexibility index (Phi) is 7.06. The largest absolute Gasteiger partial charge is 0.460 e. The number of piperidine rings is 1. The standard InChI is InChI=1S/C25H32FN3O3/c1-16-7-5-6-12-29(16)22-11-8-17(14-20(22)27)24(31)28-21-10-9-19(26)13-18(21)15-23(30)32-25(2,3)4/h8-11,13-14,16H,5-7,12,15,27H2,1-4H3,(H,28,31)/t16-/m0/s1. The van der Waals surface area contributed by atoms with E-state index in [2.05, 4.69) is 17.1 Å². The molecule has 6 nitrogen and oxygen atoms in total. The topological polar surface area (TPSA) is 84.7 Å². The smallest absolute Gasteiger partial charge is 0.310 e. The van der Waals surface area contributed by atoms with E-state index in [0.29, 0.717) is 28.5 Å². The summed E-state index contributed by atoms with van der Waals surface area (Å²) in [6.45, 7) is 8.41. The number of carbonyl (C=O) groups excluding carboxylic acids is 2. The van der Waals surface area contributed by atoms with E-state index in [1.165, 1.54) is 24.6 Å². The van der Waals surface area contributed by atoms with E-state index in [4.69, 9.17) is 10.5 Å². The molecule has 2 aromatic rings. The summed E-state index contributed by atoms with van der Waals surface area (Å²) in [4.78, 5) is 27.4. The number of anilines is 3. The van der Waals surface area contributed by atoms with Crippen molar-refractivity contribution in [3.8, 4) is 0 Å². The van der Waals surface area contributed by atoms with Crippen LogP contribution in [-0.4, -0.2) is 30.1 Å². The molecule has 1 atom stereocenters. The maximum Gasteiger partial charge on any atom is 0.310 e. The van der Waals surface area contributed by atoms with Crippen LogP contribution < -0.4 is 16.0 Å². The molecule has 1 saturated heterocycles. The summed E-state index contributed by atoms with van der Waals surface area (Å²) in [5, 5.41) is 2.77. The molecule has 1 heterocycles. The predicted molar refractivity (Wildman–Crippen MR) is 125 cm³/mol. The monoisotopic (exact) mass is 441 g/mol. The van der Waals surface area contributed by atoms with E-state index in [9.17, 15) is 14.0 Å². The molecule has 0 spiro atoms. The van der Waals surface area contributed by atoms with Gasteiger partial charge in [-0.1, -0.05) is 0 Å². The molecule has 7 heteroatoms. The number of hydrogen-bond donors (Lipinski definition) is 2. The highest BCUT2D eigenvalue weighted by Gasteiger charge is 2.22. The predicted octanol–water partition coefficient (Wildman–Crippen LogP) is 4.92. The average Bonchev–Trinajstić information content (AvgIpc) is 2.69. The summed E-state index contributed by atoms with van der Waals surface area (Å²) in [6.07, 6.45) is 3.30. The molecule has 1 aliphatic heterocycles. The van der Waals surface area contributed by atoms with Gasteiger partial charge >= 0.3 is 5.97 Å². The van der Waals surface area contributed by atoms with Crippen molar-refractivity contribution in [3.63, 3.8) is 0 Å². The van der Waals surface area contributed by atoms with Gasteiger partial charge in [0, 0.05) is 23.8 Å². The first-order valence-electron chi connectivity index (χ1n) is 11.0. The molecule has 1 aliphatic rings. The zero-order valence-corrected chi connectivity index (χ0v) is 19.2. The Morgan fingerprint density at radius 2 is 1.94 bits per heavy atom. The van der Waals surface area contributed by atoms with Crippen molar-refractivity contribution in [2.45, 2.75) is 65.0 Å². The molecule has 1 amide bonds. The van der Waals surface area contributed by atoms with Gasteiger partial charge in [0.25, 0.3) is 5.91 Å². The number of carbonyl (C=O) groups is 2. The molecule has 172 valence electrons. The second kappa shape index (κ2) is 9.59. The van der Waals surface area contributed by atoms with Crippen LogP contribution in [0.15, 0.2) is 36.4 Å². The fraction of sp³-hybridized carbons (Fsp3) is 0.440. The Balaban J connectivity index is 1.77. The number of hydrogen-bond acceptors (Lipinski definition) is 5. The summed E-state index contributed by atoms with van der Waals surface area (Å²) < 4.78 is 19.1. The Morgan fingerprint density at radius 1 is 1.19 bits per heavy atom. The number of esters is 1. The molecule has 0 unspecified atom stereocenters. The molecule has 3 N–H and O–H groups in total. The maximum absolute atomic E-state index is 13.8. The number of nitrogens with zero attached hydrogens (tertiary/aromatic N) is 1. The summed E-state index contributed by atoms with van der Waals surface area (Å²) in [6, 6.07) is 9.58. The number of amides is 1. The molecule has 32 heavy (non-hydrogen) atoms. The third kappa shape index (κ3) is 5.99. The minimum absolute atomic E-state index is 0.154. The van der Waals surface area contributed by atoms with Crippen LogP contribution in [-0.2, 0) is 16.0 Å². The van der Waals surface area contributed by atoms with Gasteiger partial charge in [0.2, 0.25) is 0 Å². The Labute approximate surface area is 188 Å². The Hall–Kier alpha value is -3.09. The summed E-state index contributed by atoms with van der Waals surface area (Å²) in [7, 11) is 0. The molecule has 2 aromatic carbocycles. The van der Waals surface area contributed by atoms with Crippen molar-refractivity contribution in [1.82, 2.24) is 0 Å². The SMILES string of the molecule is C[C@H]1CCCCN1c1ccc(C(=O)Nc2ccc(F)cc2CC(=O)OC(C)(C)C)cc1N. The first-order chi connectivity index (χ1) is 15.0. The van der Waals surface area contributed by atoms with Crippen LogP contribution in [0, 0.1) is 5.82 Å². The van der Waals surface area contributed by atoms with Crippen LogP contribution in [0.25, 0.3) is 0 Å². The molecular weight excluding hydrogens is 409 g/mol. The van der Waals surface area contributed by atoms with Crippen molar-refractivity contribution in [1.29, 1.82) is 0 Å². The Morgan fingerprint density at radius 3 is 2.59 bits per heavy atom. The lowest BCUT2D eigenvalue weighted by Crippen LogP contribution is -2.37. The highest BCUT2D eigenvalue weighted by atomic mass is 19.1. The lowest BCUT2D eigenvalue weighted by molar-refractivity contribution is -0.153. The molecule has 0 radical (unpaired) electrons. The van der Waals surface area contributed by atoms with Crippen LogP contribution in [0.2, 0.25) is 0 Å². The van der Waals surface area contributed by atoms with E-state index in [-0.39, 0.29) is 12.3 Å². The van der Waals surface area contributed by atoms with E-state index < -0.39 is 17.4 Å². The third-order valence-electron chi connectivity index (χ3n) is 5.47. The van der Waals surface area contributed by atoms with Crippen molar-refractivity contribution in [3.05, 3.63) is 53.3 Å². The Bertz CT molecular complexity index is 1000. The molecule has 0 saturated carbocycles. The number of ether oxygens (including phenoxy) is 1. The van der Waals surface area contributed by atoms with E-state index in [1.54, 1.807) is 32.9 Å². The third-order valence-corrected chi connectivity index (χ3v) is 5.47. The number of benzene rings is 2. The lowest BCUT2D eigenvalue weighted by atomic mass is 10.0. The van der Waals surface area contributed by atoms with Gasteiger partial charge in [-0.05, 0) is 88.9 Å². The van der Waals surface area contributed by atoms with Gasteiger partial charge in [0.05, 0.1) is 17.8 Å². The second-order valence-corrected chi connectivity index (χ2v) is 9.33. The fourth-order valence-corrected chi connectivity index (χ4v) is 3.97. The highest BCUT2D eigenvalue weighted by Crippen LogP contribution is 2.30. The first-order valence-corrected chi connectivity index (χ1v) is 11.0.